The van der Waals surface area contributed by atoms with Gasteiger partial charge in [0.15, 0.2) is 0 Å². The van der Waals surface area contributed by atoms with Crippen molar-refractivity contribution in [3.05, 3.63) is 64.2 Å². The van der Waals surface area contributed by atoms with E-state index >= 15 is 0 Å². The van der Waals surface area contributed by atoms with E-state index in [0.717, 1.165) is 11.1 Å². The third-order valence-corrected chi connectivity index (χ3v) is 4.13. The molecule has 2 rings (SSSR count). The Hall–Kier alpha value is -2.33. The molecule has 0 spiro atoms. The van der Waals surface area contributed by atoms with Gasteiger partial charge in [0.05, 0.1) is 6.54 Å². The van der Waals surface area contributed by atoms with Crippen molar-refractivity contribution in [2.45, 2.75) is 33.1 Å². The van der Waals surface area contributed by atoms with Crippen molar-refractivity contribution in [3.63, 3.8) is 0 Å². The minimum Gasteiger partial charge on any atom is -0.343 e. The Bertz CT molecular complexity index is 777. The highest BCUT2D eigenvalue weighted by atomic mass is 35.5. The zero-order valence-corrected chi connectivity index (χ0v) is 15.7. The average molecular weight is 359 g/mol. The summed E-state index contributed by atoms with van der Waals surface area (Å²) in [5.74, 6) is -0.580. The summed E-state index contributed by atoms with van der Waals surface area (Å²) in [7, 11) is 0. The molecule has 0 radical (unpaired) electrons. The van der Waals surface area contributed by atoms with Crippen LogP contribution in [0, 0.1) is 6.92 Å². The van der Waals surface area contributed by atoms with Gasteiger partial charge in [-0.2, -0.15) is 0 Å². The lowest BCUT2D eigenvalue weighted by Gasteiger charge is -2.19. The number of halogens is 1. The maximum atomic E-state index is 12.2. The second kappa shape index (κ2) is 7.70. The molecule has 0 aliphatic carbocycles. The molecule has 0 bridgehead atoms. The molecule has 2 N–H and O–H groups in total. The minimum absolute atomic E-state index is 0.0315. The molecule has 0 saturated heterocycles. The lowest BCUT2D eigenvalue weighted by molar-refractivity contribution is -0.115. The van der Waals surface area contributed by atoms with E-state index in [-0.39, 0.29) is 23.8 Å². The summed E-state index contributed by atoms with van der Waals surface area (Å²) in [5, 5.41) is 5.92. The third-order valence-electron chi connectivity index (χ3n) is 3.90. The van der Waals surface area contributed by atoms with Crippen molar-refractivity contribution in [3.8, 4) is 0 Å². The van der Waals surface area contributed by atoms with Crippen LogP contribution >= 0.6 is 11.6 Å². The summed E-state index contributed by atoms with van der Waals surface area (Å²) in [4.78, 5) is 24.2. The molecule has 0 saturated carbocycles. The van der Waals surface area contributed by atoms with Gasteiger partial charge >= 0.3 is 0 Å². The number of amides is 2. The highest BCUT2D eigenvalue weighted by Crippen LogP contribution is 2.22. The number of benzene rings is 2. The number of anilines is 1. The fraction of sp³-hybridized carbons (Fsp3) is 0.300. The predicted octanol–water partition coefficient (Wildman–Crippen LogP) is 4.31. The lowest BCUT2D eigenvalue weighted by atomic mass is 9.87. The van der Waals surface area contributed by atoms with Crippen LogP contribution in [-0.4, -0.2) is 18.4 Å². The smallest absolute Gasteiger partial charge is 0.251 e. The first-order valence-corrected chi connectivity index (χ1v) is 8.49. The van der Waals surface area contributed by atoms with Crippen LogP contribution in [0.4, 0.5) is 5.69 Å². The number of rotatable bonds is 4. The van der Waals surface area contributed by atoms with Crippen molar-refractivity contribution in [1.29, 1.82) is 0 Å². The Labute approximate surface area is 153 Å². The topological polar surface area (TPSA) is 58.2 Å². The van der Waals surface area contributed by atoms with E-state index in [2.05, 4.69) is 31.4 Å². The molecule has 0 fully saturated rings. The fourth-order valence-corrected chi connectivity index (χ4v) is 2.48. The number of hydrogen-bond acceptors (Lipinski definition) is 2. The molecule has 0 aliphatic rings. The highest BCUT2D eigenvalue weighted by molar-refractivity contribution is 6.31. The second-order valence-corrected chi connectivity index (χ2v) is 7.45. The van der Waals surface area contributed by atoms with Crippen LogP contribution in [0.25, 0.3) is 0 Å². The minimum atomic E-state index is -0.301. The van der Waals surface area contributed by atoms with Crippen LogP contribution in [0.15, 0.2) is 42.5 Å². The molecule has 5 heteroatoms. The Balaban J connectivity index is 1.93. The van der Waals surface area contributed by atoms with Crippen LogP contribution in [0.5, 0.6) is 0 Å². The fourth-order valence-electron chi connectivity index (χ4n) is 2.31. The molecule has 4 nitrogen and oxygen atoms in total. The quantitative estimate of drug-likeness (QED) is 0.855. The van der Waals surface area contributed by atoms with Crippen LogP contribution in [-0.2, 0) is 10.2 Å². The van der Waals surface area contributed by atoms with Gasteiger partial charge in [0.25, 0.3) is 5.91 Å². The summed E-state index contributed by atoms with van der Waals surface area (Å²) < 4.78 is 0. The monoisotopic (exact) mass is 358 g/mol. The third kappa shape index (κ3) is 5.33. The van der Waals surface area contributed by atoms with Crippen molar-refractivity contribution in [2.75, 3.05) is 11.9 Å². The van der Waals surface area contributed by atoms with Gasteiger partial charge < -0.3 is 10.6 Å². The van der Waals surface area contributed by atoms with E-state index in [0.29, 0.717) is 16.3 Å². The van der Waals surface area contributed by atoms with E-state index in [9.17, 15) is 9.59 Å². The van der Waals surface area contributed by atoms with Gasteiger partial charge in [0, 0.05) is 16.3 Å². The Kier molecular flexibility index (Phi) is 5.85. The molecule has 0 aliphatic heterocycles. The number of carbonyl (C=O) groups is 2. The number of nitrogens with one attached hydrogen (secondary N) is 2. The molecule has 0 atom stereocenters. The normalized spacial score (nSPS) is 11.1. The Morgan fingerprint density at radius 3 is 2.28 bits per heavy atom. The van der Waals surface area contributed by atoms with Crippen LogP contribution in [0.1, 0.15) is 42.3 Å². The molecule has 2 amide bonds. The highest BCUT2D eigenvalue weighted by Gasteiger charge is 2.14. The zero-order valence-electron chi connectivity index (χ0n) is 14.9. The van der Waals surface area contributed by atoms with E-state index in [1.54, 1.807) is 24.3 Å². The number of aryl methyl sites for hydroxylation is 1. The first-order valence-electron chi connectivity index (χ1n) is 8.11. The van der Waals surface area contributed by atoms with Crippen LogP contribution in [0.2, 0.25) is 5.02 Å². The zero-order chi connectivity index (χ0) is 18.6. The van der Waals surface area contributed by atoms with E-state index in [4.69, 9.17) is 11.6 Å². The summed E-state index contributed by atoms with van der Waals surface area (Å²) in [5.41, 5.74) is 3.25. The summed E-state index contributed by atoms with van der Waals surface area (Å²) >= 11 is 5.93. The Morgan fingerprint density at radius 2 is 1.68 bits per heavy atom. The van der Waals surface area contributed by atoms with Gasteiger partial charge in [-0.05, 0) is 47.7 Å². The van der Waals surface area contributed by atoms with Crippen molar-refractivity contribution >= 4 is 29.1 Å². The summed E-state index contributed by atoms with van der Waals surface area (Å²) in [6.07, 6.45) is 0. The van der Waals surface area contributed by atoms with Crippen molar-refractivity contribution in [2.24, 2.45) is 0 Å². The first kappa shape index (κ1) is 19.0. The summed E-state index contributed by atoms with van der Waals surface area (Å²) in [6.45, 7) is 8.12. The van der Waals surface area contributed by atoms with E-state index in [1.165, 1.54) is 0 Å². The first-order chi connectivity index (χ1) is 11.7. The molecule has 25 heavy (non-hydrogen) atoms. The number of carbonyl (C=O) groups excluding carboxylic acids is 2. The molecule has 0 aromatic heterocycles. The van der Waals surface area contributed by atoms with Gasteiger partial charge in [0.1, 0.15) is 0 Å². The second-order valence-electron chi connectivity index (χ2n) is 7.02. The molecular weight excluding hydrogens is 336 g/mol. The maximum Gasteiger partial charge on any atom is 0.251 e. The van der Waals surface area contributed by atoms with Gasteiger partial charge in [-0.1, -0.05) is 50.6 Å². The van der Waals surface area contributed by atoms with Crippen molar-refractivity contribution < 1.29 is 9.59 Å². The SMILES string of the molecule is Cc1ccc(Cl)cc1NC(=O)CNC(=O)c1ccc(C(C)(C)C)cc1. The largest absolute Gasteiger partial charge is 0.343 e. The molecule has 0 unspecified atom stereocenters. The molecule has 0 heterocycles. The van der Waals surface area contributed by atoms with Crippen molar-refractivity contribution in [1.82, 2.24) is 5.32 Å². The molecule has 132 valence electrons. The summed E-state index contributed by atoms with van der Waals surface area (Å²) in [6, 6.07) is 12.7. The van der Waals surface area contributed by atoms with Crippen LogP contribution < -0.4 is 10.6 Å². The van der Waals surface area contributed by atoms with Gasteiger partial charge in [-0.3, -0.25) is 9.59 Å². The van der Waals surface area contributed by atoms with Gasteiger partial charge in [0.2, 0.25) is 5.91 Å². The Morgan fingerprint density at radius 1 is 1.04 bits per heavy atom. The number of hydrogen-bond donors (Lipinski definition) is 2. The molecule has 2 aromatic rings. The lowest BCUT2D eigenvalue weighted by Crippen LogP contribution is -2.33. The molecule has 2 aromatic carbocycles. The van der Waals surface area contributed by atoms with Gasteiger partial charge in [-0.15, -0.1) is 0 Å². The van der Waals surface area contributed by atoms with Crippen LogP contribution in [0.3, 0.4) is 0 Å². The van der Waals surface area contributed by atoms with Gasteiger partial charge in [-0.25, -0.2) is 0 Å². The van der Waals surface area contributed by atoms with E-state index < -0.39 is 0 Å². The maximum absolute atomic E-state index is 12.2. The van der Waals surface area contributed by atoms with E-state index in [1.807, 2.05) is 25.1 Å². The standard InChI is InChI=1S/C20H23ClN2O2/c1-13-5-10-16(21)11-17(13)23-18(24)12-22-19(25)14-6-8-15(9-7-14)20(2,3)4/h5-11H,12H2,1-4H3,(H,22,25)(H,23,24). The average Bonchev–Trinajstić information content (AvgIpc) is 2.55. The molecular formula is C20H23ClN2O2. The predicted molar refractivity (Wildman–Crippen MR) is 102 cm³/mol.